The second-order valence-corrected chi connectivity index (χ2v) is 13.5. The lowest BCUT2D eigenvalue weighted by Crippen LogP contribution is -2.41. The highest BCUT2D eigenvalue weighted by Gasteiger charge is 2.43. The fraction of sp³-hybridized carbons (Fsp3) is 0.0833. The van der Waals surface area contributed by atoms with Gasteiger partial charge in [0.15, 0.2) is 0 Å². The van der Waals surface area contributed by atoms with Crippen LogP contribution in [-0.2, 0) is 0 Å². The zero-order valence-electron chi connectivity index (χ0n) is 21.1. The molecule has 37 heavy (non-hydrogen) atoms. The van der Waals surface area contributed by atoms with Crippen molar-refractivity contribution in [2.24, 2.45) is 5.92 Å². The van der Waals surface area contributed by atoms with Crippen LogP contribution in [0.3, 0.4) is 0 Å². The Labute approximate surface area is 220 Å². The van der Waals surface area contributed by atoms with Crippen molar-refractivity contribution in [3.63, 3.8) is 0 Å². The van der Waals surface area contributed by atoms with Crippen LogP contribution in [0.1, 0.15) is 25.0 Å². The number of hydrogen-bond acceptors (Lipinski definition) is 0. The summed E-state index contributed by atoms with van der Waals surface area (Å²) < 4.78 is 0. The van der Waals surface area contributed by atoms with Crippen molar-refractivity contribution >= 4 is 24.4 Å². The van der Waals surface area contributed by atoms with Gasteiger partial charge in [-0.2, -0.15) is 0 Å². The largest absolute Gasteiger partial charge is 0.136 e. The van der Waals surface area contributed by atoms with Crippen molar-refractivity contribution in [3.8, 4) is 44.5 Å². The highest BCUT2D eigenvalue weighted by atomic mass is 28.3. The first kappa shape index (κ1) is 21.2. The summed E-state index contributed by atoms with van der Waals surface area (Å²) in [5.74, 6) is 0.476. The van der Waals surface area contributed by atoms with Crippen molar-refractivity contribution in [1.82, 2.24) is 0 Å². The molecule has 0 saturated carbocycles. The van der Waals surface area contributed by atoms with E-state index < -0.39 is 8.80 Å². The third-order valence-electron chi connectivity index (χ3n) is 8.53. The molecule has 2 bridgehead atoms. The molecular formula is C36H27Si. The molecule has 1 unspecified atom stereocenters. The molecule has 0 nitrogen and oxygen atoms in total. The molecule has 5 aromatic rings. The molecule has 1 radical (unpaired) electrons. The first-order chi connectivity index (χ1) is 18.2. The monoisotopic (exact) mass is 487 g/mol. The first-order valence-electron chi connectivity index (χ1n) is 13.4. The van der Waals surface area contributed by atoms with Crippen LogP contribution in [0.5, 0.6) is 0 Å². The third-order valence-corrected chi connectivity index (χ3v) is 12.1. The molecule has 0 N–H and O–H groups in total. The van der Waals surface area contributed by atoms with Crippen LogP contribution in [0.15, 0.2) is 115 Å². The van der Waals surface area contributed by atoms with Crippen LogP contribution in [-0.4, -0.2) is 8.80 Å². The zero-order chi connectivity index (χ0) is 24.7. The Hall–Kier alpha value is -3.94. The Bertz CT molecular complexity index is 1760. The predicted molar refractivity (Wildman–Crippen MR) is 160 cm³/mol. The van der Waals surface area contributed by atoms with Gasteiger partial charge in [-0.15, -0.1) is 0 Å². The van der Waals surface area contributed by atoms with Crippen LogP contribution in [0, 0.1) is 12.3 Å². The summed E-state index contributed by atoms with van der Waals surface area (Å²) in [4.78, 5) is 0. The van der Waals surface area contributed by atoms with Gasteiger partial charge in [0.2, 0.25) is 0 Å². The maximum absolute atomic E-state index is 2.53. The van der Waals surface area contributed by atoms with E-state index in [0.29, 0.717) is 5.92 Å². The lowest BCUT2D eigenvalue weighted by atomic mass is 9.82. The van der Waals surface area contributed by atoms with E-state index in [2.05, 4.69) is 129 Å². The van der Waals surface area contributed by atoms with E-state index in [1.54, 1.807) is 21.1 Å². The SMILES string of the molecule is CC(C)C1=C2c3c(cc(c(-c4ccccc4)c3-c3ccccc3)-c3cccc4c3[SiH]2c2ccccc2-4)[CH]1. The van der Waals surface area contributed by atoms with E-state index in [0.717, 1.165) is 0 Å². The van der Waals surface area contributed by atoms with Crippen molar-refractivity contribution < 1.29 is 0 Å². The number of rotatable bonds is 3. The van der Waals surface area contributed by atoms with E-state index >= 15 is 0 Å². The molecule has 0 spiro atoms. The normalized spacial score (nSPS) is 16.1. The van der Waals surface area contributed by atoms with E-state index in [4.69, 9.17) is 0 Å². The summed E-state index contributed by atoms with van der Waals surface area (Å²) in [6, 6.07) is 41.0. The van der Waals surface area contributed by atoms with Crippen molar-refractivity contribution in [1.29, 1.82) is 0 Å². The summed E-state index contributed by atoms with van der Waals surface area (Å²) in [6.45, 7) is 4.75. The maximum Gasteiger partial charge on any atom is 0.136 e. The number of hydrogen-bond donors (Lipinski definition) is 0. The van der Waals surface area contributed by atoms with Crippen LogP contribution in [0.2, 0.25) is 0 Å². The molecule has 0 aromatic heterocycles. The van der Waals surface area contributed by atoms with Crippen LogP contribution in [0.4, 0.5) is 0 Å². The maximum atomic E-state index is 2.53. The molecule has 1 aliphatic carbocycles. The van der Waals surface area contributed by atoms with Gasteiger partial charge in [0, 0.05) is 6.42 Å². The van der Waals surface area contributed by atoms with E-state index in [1.165, 1.54) is 55.6 Å². The lowest BCUT2D eigenvalue weighted by molar-refractivity contribution is 0.788. The minimum atomic E-state index is -1.68. The summed E-state index contributed by atoms with van der Waals surface area (Å²) in [7, 11) is -1.68. The quantitative estimate of drug-likeness (QED) is 0.231. The molecule has 1 atom stereocenters. The molecule has 2 heterocycles. The molecule has 5 aromatic carbocycles. The summed E-state index contributed by atoms with van der Waals surface area (Å²) in [6.07, 6.45) is 2.53. The number of benzene rings is 5. The molecule has 0 fully saturated rings. The van der Waals surface area contributed by atoms with Gasteiger partial charge in [-0.05, 0) is 83.2 Å². The molecule has 0 saturated heterocycles. The first-order valence-corrected chi connectivity index (χ1v) is 15.1. The van der Waals surface area contributed by atoms with Crippen LogP contribution >= 0.6 is 0 Å². The molecule has 175 valence electrons. The lowest BCUT2D eigenvalue weighted by Gasteiger charge is -2.30. The molecule has 0 amide bonds. The van der Waals surface area contributed by atoms with E-state index in [9.17, 15) is 0 Å². The fourth-order valence-corrected chi connectivity index (χ4v) is 11.3. The highest BCUT2D eigenvalue weighted by Crippen LogP contribution is 2.54. The Kier molecular flexibility index (Phi) is 4.45. The van der Waals surface area contributed by atoms with Crippen molar-refractivity contribution in [3.05, 3.63) is 132 Å². The topological polar surface area (TPSA) is 0 Å². The standard InChI is InChI=1S/C36H27Si/c1-22(2)29-20-25-21-30-28-18-11-17-27-26-16-9-10-19-31(26)37(35(27)28)36(29)34(25)33(24-14-7-4-8-15-24)32(30)23-12-5-3-6-13-23/h3-22,37H,1-2H3. The zero-order valence-corrected chi connectivity index (χ0v) is 22.3. The molecule has 1 heteroatoms. The minimum absolute atomic E-state index is 0.476. The Morgan fingerprint density at radius 1 is 0.541 bits per heavy atom. The van der Waals surface area contributed by atoms with Crippen molar-refractivity contribution in [2.75, 3.05) is 0 Å². The second kappa shape index (κ2) is 7.78. The van der Waals surface area contributed by atoms with Gasteiger partial charge in [0.25, 0.3) is 0 Å². The Morgan fingerprint density at radius 3 is 1.84 bits per heavy atom. The Morgan fingerprint density at radius 2 is 1.14 bits per heavy atom. The highest BCUT2D eigenvalue weighted by molar-refractivity contribution is 7.04. The Balaban J connectivity index is 1.62. The smallest absolute Gasteiger partial charge is 0.0623 e. The average Bonchev–Trinajstić information content (AvgIpc) is 3.49. The van der Waals surface area contributed by atoms with Gasteiger partial charge in [-0.1, -0.05) is 123 Å². The van der Waals surface area contributed by atoms with Gasteiger partial charge in [-0.25, -0.2) is 0 Å². The molecule has 3 aliphatic rings. The predicted octanol–water partition coefficient (Wildman–Crippen LogP) is 7.54. The van der Waals surface area contributed by atoms with Crippen LogP contribution < -0.4 is 10.4 Å². The van der Waals surface area contributed by atoms with Gasteiger partial charge in [0.05, 0.1) is 0 Å². The van der Waals surface area contributed by atoms with Gasteiger partial charge >= 0.3 is 0 Å². The van der Waals surface area contributed by atoms with Crippen molar-refractivity contribution in [2.45, 2.75) is 13.8 Å². The van der Waals surface area contributed by atoms with Gasteiger partial charge in [0.1, 0.15) is 8.80 Å². The van der Waals surface area contributed by atoms with Gasteiger partial charge < -0.3 is 0 Å². The molecule has 2 aliphatic heterocycles. The van der Waals surface area contributed by atoms with E-state index in [1.807, 2.05) is 0 Å². The van der Waals surface area contributed by atoms with Gasteiger partial charge in [-0.3, -0.25) is 0 Å². The van der Waals surface area contributed by atoms with E-state index in [-0.39, 0.29) is 0 Å². The summed E-state index contributed by atoms with van der Waals surface area (Å²) in [5, 5.41) is 4.85. The summed E-state index contributed by atoms with van der Waals surface area (Å²) >= 11 is 0. The minimum Gasteiger partial charge on any atom is -0.0623 e. The molecular weight excluding hydrogens is 460 g/mol. The average molecular weight is 488 g/mol. The molecule has 8 rings (SSSR count). The number of allylic oxidation sites excluding steroid dienone is 1. The van der Waals surface area contributed by atoms with Crippen LogP contribution in [0.25, 0.3) is 49.7 Å². The second-order valence-electron chi connectivity index (χ2n) is 10.8. The third kappa shape index (κ3) is 2.84. The number of fused-ring (bicyclic) bond motifs is 7. The fourth-order valence-electron chi connectivity index (χ4n) is 7.09. The summed E-state index contributed by atoms with van der Waals surface area (Å²) in [5.41, 5.74) is 15.6.